The van der Waals surface area contributed by atoms with Crippen LogP contribution >= 0.6 is 0 Å². The molecule has 3 atom stereocenters. The normalized spacial score (nSPS) is 20.5. The van der Waals surface area contributed by atoms with Crippen molar-refractivity contribution in [1.29, 1.82) is 0 Å². The lowest BCUT2D eigenvalue weighted by atomic mass is 9.99. The van der Waals surface area contributed by atoms with Crippen LogP contribution in [-0.2, 0) is 9.47 Å². The maximum Gasteiger partial charge on any atom is 0.408 e. The number of carbonyl (C=O) groups is 1. The number of aliphatic hydroxyl groups excluding tert-OH is 1. The minimum atomic E-state index is -0.592. The fourth-order valence-corrected chi connectivity index (χ4v) is 2.08. The average molecular weight is 293 g/mol. The summed E-state index contributed by atoms with van der Waals surface area (Å²) in [5, 5.41) is 12.9. The Morgan fingerprint density at radius 2 is 2.05 bits per heavy atom. The highest BCUT2D eigenvalue weighted by molar-refractivity contribution is 5.68. The van der Waals surface area contributed by atoms with Gasteiger partial charge in [0.2, 0.25) is 0 Å². The first-order valence-corrected chi connectivity index (χ1v) is 7.19. The van der Waals surface area contributed by atoms with Gasteiger partial charge in [-0.15, -0.1) is 0 Å². The van der Waals surface area contributed by atoms with E-state index in [1.54, 1.807) is 0 Å². The molecule has 1 aromatic carbocycles. The minimum absolute atomic E-state index is 0.114. The van der Waals surface area contributed by atoms with Gasteiger partial charge in [-0.25, -0.2) is 4.79 Å². The summed E-state index contributed by atoms with van der Waals surface area (Å²) in [4.78, 5) is 12.0. The Hall–Kier alpha value is -1.59. The number of aliphatic hydroxyl groups is 1. The molecule has 1 aliphatic rings. The molecule has 0 saturated carbocycles. The van der Waals surface area contributed by atoms with E-state index >= 15 is 0 Å². The molecular weight excluding hydrogens is 270 g/mol. The average Bonchev–Trinajstić information content (AvgIpc) is 3.21. The molecule has 0 aliphatic carbocycles. The molecule has 1 heterocycles. The number of alkyl carbamates (subject to hydrolysis) is 1. The molecule has 1 unspecified atom stereocenters. The fourth-order valence-electron chi connectivity index (χ4n) is 2.08. The van der Waals surface area contributed by atoms with Crippen molar-refractivity contribution in [1.82, 2.24) is 5.32 Å². The monoisotopic (exact) mass is 293 g/mol. The smallest absolute Gasteiger partial charge is 0.408 e. The molecule has 0 bridgehead atoms. The second-order valence-electron chi connectivity index (χ2n) is 6.28. The van der Waals surface area contributed by atoms with Crippen molar-refractivity contribution in [2.45, 2.75) is 51.0 Å². The Balaban J connectivity index is 2.02. The van der Waals surface area contributed by atoms with Crippen LogP contribution in [0, 0.1) is 0 Å². The number of rotatable bonds is 5. The van der Waals surface area contributed by atoms with Gasteiger partial charge in [0.1, 0.15) is 11.7 Å². The van der Waals surface area contributed by atoms with Gasteiger partial charge in [-0.3, -0.25) is 0 Å². The van der Waals surface area contributed by atoms with Gasteiger partial charge < -0.3 is 19.9 Å². The van der Waals surface area contributed by atoms with Gasteiger partial charge in [-0.2, -0.15) is 0 Å². The molecule has 1 saturated heterocycles. The molecule has 0 radical (unpaired) electrons. The highest BCUT2D eigenvalue weighted by Crippen LogP contribution is 2.25. The third-order valence-corrected chi connectivity index (χ3v) is 3.16. The van der Waals surface area contributed by atoms with E-state index in [4.69, 9.17) is 9.47 Å². The molecule has 21 heavy (non-hydrogen) atoms. The largest absolute Gasteiger partial charge is 0.444 e. The van der Waals surface area contributed by atoms with Crippen LogP contribution in [0.5, 0.6) is 0 Å². The van der Waals surface area contributed by atoms with Crippen LogP contribution in [0.25, 0.3) is 0 Å². The lowest BCUT2D eigenvalue weighted by Crippen LogP contribution is -2.36. The van der Waals surface area contributed by atoms with Crippen LogP contribution in [0.4, 0.5) is 4.79 Å². The van der Waals surface area contributed by atoms with Crippen LogP contribution in [0.15, 0.2) is 30.3 Å². The first-order chi connectivity index (χ1) is 9.85. The Morgan fingerprint density at radius 3 is 2.57 bits per heavy atom. The SMILES string of the molecule is CC(C)(C)OC(=O)NC(C[C@@H](O)[C@@H]1CO1)c1ccccc1. The lowest BCUT2D eigenvalue weighted by molar-refractivity contribution is 0.0472. The van der Waals surface area contributed by atoms with Gasteiger partial charge in [-0.05, 0) is 26.3 Å². The van der Waals surface area contributed by atoms with Gasteiger partial charge in [0.05, 0.1) is 18.8 Å². The lowest BCUT2D eigenvalue weighted by Gasteiger charge is -2.25. The summed E-state index contributed by atoms with van der Waals surface area (Å²) in [6, 6.07) is 9.25. The molecule has 2 rings (SSSR count). The van der Waals surface area contributed by atoms with Crippen molar-refractivity contribution in [2.75, 3.05) is 6.61 Å². The predicted octanol–water partition coefficient (Wildman–Crippen LogP) is 2.40. The van der Waals surface area contributed by atoms with E-state index in [-0.39, 0.29) is 12.1 Å². The summed E-state index contributed by atoms with van der Waals surface area (Å²) in [7, 11) is 0. The van der Waals surface area contributed by atoms with Gasteiger partial charge in [0, 0.05) is 6.42 Å². The van der Waals surface area contributed by atoms with E-state index in [9.17, 15) is 9.90 Å². The topological polar surface area (TPSA) is 71.1 Å². The number of amides is 1. The van der Waals surface area contributed by atoms with Crippen LogP contribution in [0.1, 0.15) is 38.8 Å². The molecule has 1 amide bonds. The first-order valence-electron chi connectivity index (χ1n) is 7.19. The van der Waals surface area contributed by atoms with Crippen molar-refractivity contribution in [2.24, 2.45) is 0 Å². The van der Waals surface area contributed by atoms with Crippen molar-refractivity contribution >= 4 is 6.09 Å². The van der Waals surface area contributed by atoms with Gasteiger partial charge in [-0.1, -0.05) is 30.3 Å². The fraction of sp³-hybridized carbons (Fsp3) is 0.562. The Morgan fingerprint density at radius 1 is 1.43 bits per heavy atom. The number of nitrogens with one attached hydrogen (secondary N) is 1. The summed E-state index contributed by atoms with van der Waals surface area (Å²) >= 11 is 0. The zero-order valence-corrected chi connectivity index (χ0v) is 12.7. The second kappa shape index (κ2) is 6.45. The molecule has 1 aromatic rings. The van der Waals surface area contributed by atoms with Crippen molar-refractivity contribution in [3.63, 3.8) is 0 Å². The quantitative estimate of drug-likeness (QED) is 0.818. The van der Waals surface area contributed by atoms with E-state index in [1.807, 2.05) is 51.1 Å². The van der Waals surface area contributed by atoms with Crippen molar-refractivity contribution < 1.29 is 19.4 Å². The number of epoxide rings is 1. The van der Waals surface area contributed by atoms with Crippen molar-refractivity contribution in [3.8, 4) is 0 Å². The zero-order chi connectivity index (χ0) is 15.5. The number of hydrogen-bond acceptors (Lipinski definition) is 4. The molecule has 5 heteroatoms. The molecule has 1 fully saturated rings. The first kappa shape index (κ1) is 15.8. The van der Waals surface area contributed by atoms with E-state index in [1.165, 1.54) is 0 Å². The van der Waals surface area contributed by atoms with E-state index in [2.05, 4.69) is 5.32 Å². The molecule has 1 aliphatic heterocycles. The maximum atomic E-state index is 12.0. The number of benzene rings is 1. The van der Waals surface area contributed by atoms with Gasteiger partial charge in [0.15, 0.2) is 0 Å². The Kier molecular flexibility index (Phi) is 4.85. The Bertz CT molecular complexity index is 465. The highest BCUT2D eigenvalue weighted by Gasteiger charge is 2.34. The molecule has 0 spiro atoms. The molecule has 5 nitrogen and oxygen atoms in total. The summed E-state index contributed by atoms with van der Waals surface area (Å²) in [5.74, 6) is 0. The van der Waals surface area contributed by atoms with Gasteiger partial charge >= 0.3 is 6.09 Å². The van der Waals surface area contributed by atoms with Gasteiger partial charge in [0.25, 0.3) is 0 Å². The zero-order valence-electron chi connectivity index (χ0n) is 12.7. The standard InChI is InChI=1S/C16H23NO4/c1-16(2,3)21-15(19)17-12(9-13(18)14-10-20-14)11-7-5-4-6-8-11/h4-8,12-14,18H,9-10H2,1-3H3,(H,17,19)/t12?,13-,14+/m1/s1. The van der Waals surface area contributed by atoms with Crippen LogP contribution in [-0.4, -0.2) is 35.6 Å². The molecular formula is C16H23NO4. The van der Waals surface area contributed by atoms with Crippen LogP contribution in [0.3, 0.4) is 0 Å². The predicted molar refractivity (Wildman–Crippen MR) is 78.9 cm³/mol. The number of carbonyl (C=O) groups excluding carboxylic acids is 1. The second-order valence-corrected chi connectivity index (χ2v) is 6.28. The Labute approximate surface area is 125 Å². The number of ether oxygens (including phenoxy) is 2. The molecule has 2 N–H and O–H groups in total. The van der Waals surface area contributed by atoms with E-state index in [0.29, 0.717) is 13.0 Å². The van der Waals surface area contributed by atoms with E-state index in [0.717, 1.165) is 5.56 Å². The van der Waals surface area contributed by atoms with Crippen molar-refractivity contribution in [3.05, 3.63) is 35.9 Å². The number of hydrogen-bond donors (Lipinski definition) is 2. The van der Waals surface area contributed by atoms with Crippen LogP contribution < -0.4 is 5.32 Å². The van der Waals surface area contributed by atoms with E-state index < -0.39 is 17.8 Å². The highest BCUT2D eigenvalue weighted by atomic mass is 16.6. The minimum Gasteiger partial charge on any atom is -0.444 e. The molecule has 116 valence electrons. The maximum absolute atomic E-state index is 12.0. The van der Waals surface area contributed by atoms with Crippen LogP contribution in [0.2, 0.25) is 0 Å². The summed E-state index contributed by atoms with van der Waals surface area (Å²) in [5.41, 5.74) is 0.381. The third kappa shape index (κ3) is 5.36. The molecule has 0 aromatic heterocycles. The third-order valence-electron chi connectivity index (χ3n) is 3.16. The summed E-state index contributed by atoms with van der Waals surface area (Å²) in [6.45, 7) is 6.03. The summed E-state index contributed by atoms with van der Waals surface area (Å²) < 4.78 is 10.4. The summed E-state index contributed by atoms with van der Waals surface area (Å²) in [6.07, 6.45) is -0.796.